The zero-order valence-corrected chi connectivity index (χ0v) is 35.8. The molecule has 1 aliphatic rings. The van der Waals surface area contributed by atoms with Gasteiger partial charge in [0, 0.05) is 24.9 Å². The molecule has 1 fully saturated rings. The van der Waals surface area contributed by atoms with E-state index in [1.54, 1.807) is 13.8 Å². The summed E-state index contributed by atoms with van der Waals surface area (Å²) in [6.07, 6.45) is 4.76. The summed E-state index contributed by atoms with van der Waals surface area (Å²) in [5.74, 6) is -8.26. The van der Waals surface area contributed by atoms with Crippen LogP contribution in [0.25, 0.3) is 0 Å². The number of carbonyl (C=O) groups excluding carboxylic acids is 8. The Kier molecular flexibility index (Phi) is 21.9. The molecule has 0 aromatic carbocycles. The highest BCUT2D eigenvalue weighted by atomic mass is 16.4. The number of nitrogens with two attached hydrogens (primary N) is 2. The second-order valence-electron chi connectivity index (χ2n) is 15.3. The Bertz CT molecular complexity index is 1700. The molecule has 62 heavy (non-hydrogen) atoms. The van der Waals surface area contributed by atoms with Crippen LogP contribution in [0.4, 0.5) is 0 Å². The SMILES string of the molecule is CC[C@H](C)[C@H](NC(=O)[C@H](CO)NC(=O)[C@H](Cc1cnc[nH]1)NC(=O)[C@@H](C)NC(=O)[C@@H]1CCCN1C(=O)[C@H](C)N)C(=O)N[C@@H](CCCCN)C(=O)N[C@@H](C)C(=O)N[C@@H](CO)C(=O)O. The van der Waals surface area contributed by atoms with Crippen LogP contribution < -0.4 is 48.7 Å². The molecule has 0 aliphatic carbocycles. The van der Waals surface area contributed by atoms with E-state index in [0.29, 0.717) is 44.3 Å². The van der Waals surface area contributed by atoms with Crippen molar-refractivity contribution in [3.05, 3.63) is 18.2 Å². The lowest BCUT2D eigenvalue weighted by molar-refractivity contribution is -0.143. The molecule has 2 rings (SSSR count). The van der Waals surface area contributed by atoms with Gasteiger partial charge in [-0.2, -0.15) is 0 Å². The second-order valence-corrected chi connectivity index (χ2v) is 15.3. The summed E-state index contributed by atoms with van der Waals surface area (Å²) in [4.78, 5) is 125. The average Bonchev–Trinajstić information content (AvgIpc) is 3.95. The van der Waals surface area contributed by atoms with Crippen LogP contribution in [0.1, 0.15) is 78.8 Å². The number of likely N-dealkylation sites (tertiary alicyclic amines) is 1. The number of carboxylic acid groups (broad SMARTS) is 1. The van der Waals surface area contributed by atoms with Gasteiger partial charge in [-0.05, 0) is 65.3 Å². The Balaban J connectivity index is 2.21. The smallest absolute Gasteiger partial charge is 0.328 e. The number of aromatic nitrogens is 2. The predicted octanol–water partition coefficient (Wildman–Crippen LogP) is -5.03. The molecule has 10 atom stereocenters. The van der Waals surface area contributed by atoms with Crippen LogP contribution in [0, 0.1) is 5.92 Å². The van der Waals surface area contributed by atoms with Crippen LogP contribution in [-0.2, 0) is 49.6 Å². The maximum Gasteiger partial charge on any atom is 0.328 e. The molecule has 8 amide bonds. The van der Waals surface area contributed by atoms with Crippen LogP contribution in [-0.4, -0.2) is 164 Å². The van der Waals surface area contributed by atoms with Crippen molar-refractivity contribution in [3.8, 4) is 0 Å². The maximum absolute atomic E-state index is 13.8. The van der Waals surface area contributed by atoms with Gasteiger partial charge in [0.15, 0.2) is 0 Å². The quantitative estimate of drug-likeness (QED) is 0.0388. The van der Waals surface area contributed by atoms with Gasteiger partial charge < -0.3 is 73.9 Å². The minimum absolute atomic E-state index is 0.0615. The normalized spacial score (nSPS) is 18.0. The first-order valence-corrected chi connectivity index (χ1v) is 20.6. The number of imidazole rings is 1. The fourth-order valence-corrected chi connectivity index (χ4v) is 6.37. The standard InChI is InChI=1S/C38H64N12O12/c1-6-19(2)29(36(59)45-24(10-7-8-12-39)32(55)43-21(4)31(54)48-27(17-52)38(61)62)49-34(57)26(16-51)47-33(56)25(14-23-15-41-18-42-23)46-30(53)22(5)44-35(58)28-11-9-13-50(28)37(60)20(3)40/h15,18-22,24-29,51-52H,6-14,16-17,39-40H2,1-5H3,(H,41,42)(H,43,55)(H,44,58)(H,45,59)(H,46,53)(H,47,56)(H,48,54)(H,49,57)(H,61,62)/t19-,20-,21-,22+,24-,25-,26-,27-,28-,29-/m0/s1. The van der Waals surface area contributed by atoms with E-state index in [4.69, 9.17) is 16.6 Å². The molecule has 0 unspecified atom stereocenters. The van der Waals surface area contributed by atoms with Crippen molar-refractivity contribution < 1.29 is 58.5 Å². The number of aromatic amines is 1. The molecule has 1 aromatic rings. The molecule has 1 saturated heterocycles. The number of carboxylic acids is 1. The number of aliphatic carboxylic acids is 1. The summed E-state index contributed by atoms with van der Waals surface area (Å²) in [5, 5.41) is 45.8. The van der Waals surface area contributed by atoms with Crippen LogP contribution in [0.5, 0.6) is 0 Å². The van der Waals surface area contributed by atoms with Gasteiger partial charge in [-0.25, -0.2) is 9.78 Å². The Morgan fingerprint density at radius 2 is 1.34 bits per heavy atom. The number of rotatable bonds is 26. The third-order valence-electron chi connectivity index (χ3n) is 10.3. The minimum Gasteiger partial charge on any atom is -0.480 e. The monoisotopic (exact) mass is 880 g/mol. The molecule has 348 valence electrons. The molecule has 15 N–H and O–H groups in total. The molecule has 24 nitrogen and oxygen atoms in total. The van der Waals surface area contributed by atoms with E-state index in [9.17, 15) is 53.4 Å². The molecular weight excluding hydrogens is 816 g/mol. The number of amides is 8. The molecule has 0 spiro atoms. The van der Waals surface area contributed by atoms with Crippen LogP contribution >= 0.6 is 0 Å². The number of hydrogen-bond acceptors (Lipinski definition) is 14. The first-order chi connectivity index (χ1) is 29.3. The molecule has 0 saturated carbocycles. The van der Waals surface area contributed by atoms with E-state index in [-0.39, 0.29) is 19.4 Å². The highest BCUT2D eigenvalue weighted by molar-refractivity contribution is 5.98. The Morgan fingerprint density at radius 3 is 1.89 bits per heavy atom. The average molecular weight is 881 g/mol. The molecule has 1 aromatic heterocycles. The first-order valence-electron chi connectivity index (χ1n) is 20.6. The van der Waals surface area contributed by atoms with Gasteiger partial charge in [0.05, 0.1) is 25.6 Å². The highest BCUT2D eigenvalue weighted by Gasteiger charge is 2.38. The van der Waals surface area contributed by atoms with E-state index >= 15 is 0 Å². The van der Waals surface area contributed by atoms with Crippen molar-refractivity contribution in [2.75, 3.05) is 26.3 Å². The van der Waals surface area contributed by atoms with E-state index in [0.717, 1.165) is 0 Å². The zero-order chi connectivity index (χ0) is 46.7. The maximum atomic E-state index is 13.8. The lowest BCUT2D eigenvalue weighted by Gasteiger charge is -2.29. The molecular formula is C38H64N12O12. The fraction of sp³-hybridized carbons (Fsp3) is 0.684. The van der Waals surface area contributed by atoms with Gasteiger partial charge in [0.1, 0.15) is 48.3 Å². The van der Waals surface area contributed by atoms with E-state index < -0.39 is 127 Å². The molecule has 2 heterocycles. The van der Waals surface area contributed by atoms with E-state index in [2.05, 4.69) is 47.2 Å². The number of unbranched alkanes of at least 4 members (excludes halogenated alkanes) is 1. The van der Waals surface area contributed by atoms with Crippen molar-refractivity contribution in [2.45, 2.75) is 134 Å². The number of carbonyl (C=O) groups is 9. The van der Waals surface area contributed by atoms with Crippen molar-refractivity contribution in [2.24, 2.45) is 17.4 Å². The third-order valence-corrected chi connectivity index (χ3v) is 10.3. The van der Waals surface area contributed by atoms with Crippen LogP contribution in [0.15, 0.2) is 12.5 Å². The van der Waals surface area contributed by atoms with Gasteiger partial charge in [-0.3, -0.25) is 38.4 Å². The predicted molar refractivity (Wildman–Crippen MR) is 220 cm³/mol. The molecule has 24 heteroatoms. The molecule has 0 bridgehead atoms. The number of aliphatic hydroxyl groups excluding tert-OH is 2. The summed E-state index contributed by atoms with van der Waals surface area (Å²) in [7, 11) is 0. The molecule has 0 radical (unpaired) electrons. The lowest BCUT2D eigenvalue weighted by atomic mass is 9.97. The van der Waals surface area contributed by atoms with Gasteiger partial charge in [0.2, 0.25) is 47.3 Å². The van der Waals surface area contributed by atoms with Gasteiger partial charge in [0.25, 0.3) is 0 Å². The van der Waals surface area contributed by atoms with Gasteiger partial charge >= 0.3 is 5.97 Å². The molecule has 1 aliphatic heterocycles. The van der Waals surface area contributed by atoms with Crippen molar-refractivity contribution >= 4 is 53.2 Å². The Hall–Kier alpha value is -5.72. The number of H-pyrrole nitrogens is 1. The zero-order valence-electron chi connectivity index (χ0n) is 35.8. The number of aliphatic hydroxyl groups is 2. The van der Waals surface area contributed by atoms with Crippen molar-refractivity contribution in [3.63, 3.8) is 0 Å². The minimum atomic E-state index is -1.65. The fourth-order valence-electron chi connectivity index (χ4n) is 6.37. The topological polar surface area (TPSA) is 382 Å². The van der Waals surface area contributed by atoms with Crippen LogP contribution in [0.3, 0.4) is 0 Å². The number of hydrogen-bond donors (Lipinski definition) is 13. The van der Waals surface area contributed by atoms with Crippen molar-refractivity contribution in [1.82, 2.24) is 52.1 Å². The summed E-state index contributed by atoms with van der Waals surface area (Å²) in [6, 6.07) is -11.3. The second kappa shape index (κ2) is 25.9. The van der Waals surface area contributed by atoms with Gasteiger partial charge in [-0.15, -0.1) is 0 Å². The number of nitrogens with zero attached hydrogens (tertiary/aromatic N) is 2. The van der Waals surface area contributed by atoms with E-state index in [1.807, 2.05) is 0 Å². The lowest BCUT2D eigenvalue weighted by Crippen LogP contribution is -2.61. The first kappa shape index (κ1) is 52.4. The van der Waals surface area contributed by atoms with Crippen LogP contribution in [0.2, 0.25) is 0 Å². The van der Waals surface area contributed by atoms with Crippen molar-refractivity contribution in [1.29, 1.82) is 0 Å². The van der Waals surface area contributed by atoms with E-state index in [1.165, 1.54) is 38.2 Å². The Morgan fingerprint density at radius 1 is 0.774 bits per heavy atom. The summed E-state index contributed by atoms with van der Waals surface area (Å²) in [5.41, 5.74) is 11.8. The summed E-state index contributed by atoms with van der Waals surface area (Å²) >= 11 is 0. The largest absolute Gasteiger partial charge is 0.480 e. The highest BCUT2D eigenvalue weighted by Crippen LogP contribution is 2.18. The van der Waals surface area contributed by atoms with Gasteiger partial charge in [-0.1, -0.05) is 20.3 Å². The Labute approximate surface area is 359 Å². The summed E-state index contributed by atoms with van der Waals surface area (Å²) < 4.78 is 0. The third kappa shape index (κ3) is 16.0. The number of nitrogens with one attached hydrogen (secondary N) is 8. The summed E-state index contributed by atoms with van der Waals surface area (Å²) in [6.45, 7) is 6.31.